The van der Waals surface area contributed by atoms with Crippen molar-refractivity contribution in [2.24, 2.45) is 11.3 Å². The van der Waals surface area contributed by atoms with Crippen LogP contribution in [-0.2, 0) is 10.0 Å². The highest BCUT2D eigenvalue weighted by atomic mass is 32.2. The van der Waals surface area contributed by atoms with Crippen LogP contribution in [0.15, 0.2) is 29.2 Å². The molecule has 5 nitrogen and oxygen atoms in total. The maximum Gasteiger partial charge on any atom is 0.251 e. The van der Waals surface area contributed by atoms with E-state index in [0.29, 0.717) is 11.0 Å². The summed E-state index contributed by atoms with van der Waals surface area (Å²) in [5.41, 5.74) is 0.876. The maximum atomic E-state index is 12.5. The van der Waals surface area contributed by atoms with E-state index in [0.717, 1.165) is 44.4 Å². The molecule has 2 aliphatic carbocycles. The zero-order chi connectivity index (χ0) is 19.7. The van der Waals surface area contributed by atoms with E-state index in [1.54, 1.807) is 12.1 Å². The second-order valence-corrected chi connectivity index (χ2v) is 10.5. The number of amides is 1. The van der Waals surface area contributed by atoms with Crippen LogP contribution in [0.1, 0.15) is 76.1 Å². The van der Waals surface area contributed by atoms with Gasteiger partial charge in [-0.25, -0.2) is 13.1 Å². The lowest BCUT2D eigenvalue weighted by atomic mass is 9.69. The van der Waals surface area contributed by atoms with Crippen molar-refractivity contribution < 1.29 is 13.2 Å². The van der Waals surface area contributed by atoms with Gasteiger partial charge < -0.3 is 5.32 Å². The number of hydrogen-bond donors (Lipinski definition) is 2. The average molecular weight is 393 g/mol. The number of rotatable bonds is 7. The Hall–Kier alpha value is -1.40. The van der Waals surface area contributed by atoms with Crippen LogP contribution in [0.4, 0.5) is 0 Å². The standard InChI is InChI=1S/C21H32N2O3S/c1-4-21(2,3)16-7-9-17(10-8-16)22-20(24)15-5-13-19(14-6-15)27(25,26)23-18-11-12-18/h5-6,13-14,16-18,23H,4,7-12H2,1-3H3,(H,22,24). The van der Waals surface area contributed by atoms with Crippen molar-refractivity contribution in [1.29, 1.82) is 0 Å². The third-order valence-corrected chi connectivity index (χ3v) is 7.94. The molecular weight excluding hydrogens is 360 g/mol. The largest absolute Gasteiger partial charge is 0.349 e. The highest BCUT2D eigenvalue weighted by Gasteiger charge is 2.32. The van der Waals surface area contributed by atoms with Crippen LogP contribution >= 0.6 is 0 Å². The molecule has 2 N–H and O–H groups in total. The normalized spacial score (nSPS) is 23.8. The summed E-state index contributed by atoms with van der Waals surface area (Å²) in [6.07, 6.45) is 7.30. The molecule has 0 bridgehead atoms. The van der Waals surface area contributed by atoms with E-state index >= 15 is 0 Å². The van der Waals surface area contributed by atoms with Crippen molar-refractivity contribution in [2.75, 3.05) is 0 Å². The Morgan fingerprint density at radius 3 is 2.07 bits per heavy atom. The molecule has 1 aromatic rings. The first-order valence-electron chi connectivity index (χ1n) is 10.1. The molecule has 2 saturated carbocycles. The van der Waals surface area contributed by atoms with Crippen LogP contribution < -0.4 is 10.0 Å². The van der Waals surface area contributed by atoms with E-state index in [4.69, 9.17) is 0 Å². The average Bonchev–Trinajstić information content (AvgIpc) is 3.45. The minimum atomic E-state index is -3.47. The van der Waals surface area contributed by atoms with Crippen molar-refractivity contribution in [3.63, 3.8) is 0 Å². The Kier molecular flexibility index (Phi) is 5.96. The van der Waals surface area contributed by atoms with Crippen molar-refractivity contribution >= 4 is 15.9 Å². The number of benzene rings is 1. The van der Waals surface area contributed by atoms with Gasteiger partial charge in [0.15, 0.2) is 0 Å². The molecule has 0 atom stereocenters. The second kappa shape index (κ2) is 7.92. The molecule has 2 fully saturated rings. The van der Waals surface area contributed by atoms with Crippen molar-refractivity contribution in [3.05, 3.63) is 29.8 Å². The fourth-order valence-corrected chi connectivity index (χ4v) is 5.16. The number of hydrogen-bond acceptors (Lipinski definition) is 3. The summed E-state index contributed by atoms with van der Waals surface area (Å²) in [7, 11) is -3.47. The molecule has 0 heterocycles. The topological polar surface area (TPSA) is 75.3 Å². The Morgan fingerprint density at radius 1 is 1.00 bits per heavy atom. The Bertz CT molecular complexity index is 759. The predicted octanol–water partition coefficient (Wildman–Crippen LogP) is 3.85. The van der Waals surface area contributed by atoms with E-state index in [1.165, 1.54) is 18.6 Å². The Labute approximate surface area is 163 Å². The molecule has 0 radical (unpaired) electrons. The van der Waals surface area contributed by atoms with Gasteiger partial charge in [-0.2, -0.15) is 0 Å². The van der Waals surface area contributed by atoms with Gasteiger partial charge in [-0.15, -0.1) is 0 Å². The lowest BCUT2D eigenvalue weighted by molar-refractivity contribution is 0.0893. The Morgan fingerprint density at radius 2 is 1.56 bits per heavy atom. The molecular formula is C21H32N2O3S. The van der Waals surface area contributed by atoms with Crippen molar-refractivity contribution in [1.82, 2.24) is 10.0 Å². The zero-order valence-corrected chi connectivity index (χ0v) is 17.4. The summed E-state index contributed by atoms with van der Waals surface area (Å²) in [4.78, 5) is 12.7. The molecule has 0 aliphatic heterocycles. The van der Waals surface area contributed by atoms with Gasteiger partial charge in [-0.3, -0.25) is 4.79 Å². The SMILES string of the molecule is CCC(C)(C)C1CCC(NC(=O)c2ccc(S(=O)(=O)NC3CC3)cc2)CC1. The van der Waals surface area contributed by atoms with Crippen LogP contribution in [0.25, 0.3) is 0 Å². The smallest absolute Gasteiger partial charge is 0.251 e. The predicted molar refractivity (Wildman–Crippen MR) is 107 cm³/mol. The molecule has 1 aromatic carbocycles. The number of nitrogens with one attached hydrogen (secondary N) is 2. The van der Waals surface area contributed by atoms with Crippen LogP contribution in [0, 0.1) is 11.3 Å². The van der Waals surface area contributed by atoms with Crippen molar-refractivity contribution in [2.45, 2.75) is 82.7 Å². The van der Waals surface area contributed by atoms with E-state index in [-0.39, 0.29) is 22.9 Å². The van der Waals surface area contributed by atoms with Gasteiger partial charge in [0.25, 0.3) is 5.91 Å². The third kappa shape index (κ3) is 5.11. The highest BCUT2D eigenvalue weighted by molar-refractivity contribution is 7.89. The summed E-state index contributed by atoms with van der Waals surface area (Å²) < 4.78 is 27.1. The highest BCUT2D eigenvalue weighted by Crippen LogP contribution is 2.40. The first-order chi connectivity index (χ1) is 12.7. The van der Waals surface area contributed by atoms with E-state index in [9.17, 15) is 13.2 Å². The third-order valence-electron chi connectivity index (χ3n) is 6.40. The summed E-state index contributed by atoms with van der Waals surface area (Å²) >= 11 is 0. The van der Waals surface area contributed by atoms with Crippen LogP contribution in [0.5, 0.6) is 0 Å². The fraction of sp³-hybridized carbons (Fsp3) is 0.667. The van der Waals surface area contributed by atoms with Crippen LogP contribution in [0.2, 0.25) is 0 Å². The van der Waals surface area contributed by atoms with Gasteiger partial charge in [0.1, 0.15) is 0 Å². The van der Waals surface area contributed by atoms with E-state index < -0.39 is 10.0 Å². The van der Waals surface area contributed by atoms with Crippen LogP contribution in [0.3, 0.4) is 0 Å². The lowest BCUT2D eigenvalue weighted by Gasteiger charge is -2.39. The second-order valence-electron chi connectivity index (χ2n) is 8.78. The molecule has 150 valence electrons. The molecule has 2 aliphatic rings. The van der Waals surface area contributed by atoms with Gasteiger partial charge in [-0.05, 0) is 74.1 Å². The first kappa shape index (κ1) is 20.3. The van der Waals surface area contributed by atoms with Gasteiger partial charge >= 0.3 is 0 Å². The quantitative estimate of drug-likeness (QED) is 0.740. The van der Waals surface area contributed by atoms with Gasteiger partial charge in [0, 0.05) is 17.6 Å². The lowest BCUT2D eigenvalue weighted by Crippen LogP contribution is -2.39. The number of sulfonamides is 1. The van der Waals surface area contributed by atoms with E-state index in [1.807, 2.05) is 0 Å². The molecule has 6 heteroatoms. The zero-order valence-electron chi connectivity index (χ0n) is 16.6. The van der Waals surface area contributed by atoms with Gasteiger partial charge in [0.05, 0.1) is 4.90 Å². The molecule has 3 rings (SSSR count). The number of carbonyl (C=O) groups excluding carboxylic acids is 1. The minimum absolute atomic E-state index is 0.0748. The number of carbonyl (C=O) groups is 1. The van der Waals surface area contributed by atoms with Crippen molar-refractivity contribution in [3.8, 4) is 0 Å². The Balaban J connectivity index is 1.54. The van der Waals surface area contributed by atoms with Crippen LogP contribution in [-0.4, -0.2) is 26.4 Å². The molecule has 0 aromatic heterocycles. The molecule has 0 unspecified atom stereocenters. The maximum absolute atomic E-state index is 12.5. The van der Waals surface area contributed by atoms with Gasteiger partial charge in [0.2, 0.25) is 10.0 Å². The monoisotopic (exact) mass is 392 g/mol. The molecule has 1 amide bonds. The molecule has 0 spiro atoms. The fourth-order valence-electron chi connectivity index (χ4n) is 3.85. The van der Waals surface area contributed by atoms with Gasteiger partial charge in [-0.1, -0.05) is 27.2 Å². The summed E-state index contributed by atoms with van der Waals surface area (Å²) in [6.45, 7) is 6.92. The molecule has 0 saturated heterocycles. The van der Waals surface area contributed by atoms with E-state index in [2.05, 4.69) is 30.8 Å². The molecule has 27 heavy (non-hydrogen) atoms. The minimum Gasteiger partial charge on any atom is -0.349 e. The summed E-state index contributed by atoms with van der Waals surface area (Å²) in [5, 5.41) is 3.12. The first-order valence-corrected chi connectivity index (χ1v) is 11.6. The summed E-state index contributed by atoms with van der Waals surface area (Å²) in [5.74, 6) is 0.603. The summed E-state index contributed by atoms with van der Waals surface area (Å²) in [6, 6.07) is 6.51.